The van der Waals surface area contributed by atoms with Crippen molar-refractivity contribution in [3.05, 3.63) is 94.5 Å². The van der Waals surface area contributed by atoms with Crippen molar-refractivity contribution < 1.29 is 17.9 Å². The molecule has 0 heterocycles. The molecule has 0 amide bonds. The second kappa shape index (κ2) is 9.69. The van der Waals surface area contributed by atoms with Gasteiger partial charge in [0.25, 0.3) is 10.0 Å². The highest BCUT2D eigenvalue weighted by molar-refractivity contribution is 7.92. The highest BCUT2D eigenvalue weighted by Gasteiger charge is 2.24. The molecule has 3 rings (SSSR count). The smallest absolute Gasteiger partial charge is 0.337 e. The first kappa shape index (κ1) is 22.4. The van der Waals surface area contributed by atoms with Crippen molar-refractivity contribution in [1.29, 1.82) is 0 Å². The van der Waals surface area contributed by atoms with Crippen LogP contribution >= 0.6 is 11.6 Å². The number of esters is 1. The van der Waals surface area contributed by atoms with Crippen molar-refractivity contribution in [3.8, 4) is 11.8 Å². The van der Waals surface area contributed by atoms with Gasteiger partial charge in [-0.2, -0.15) is 0 Å². The summed E-state index contributed by atoms with van der Waals surface area (Å²) < 4.78 is 32.5. The van der Waals surface area contributed by atoms with Crippen LogP contribution in [0.5, 0.6) is 0 Å². The van der Waals surface area contributed by atoms with E-state index < -0.39 is 16.0 Å². The maximum absolute atomic E-state index is 13.3. The summed E-state index contributed by atoms with van der Waals surface area (Å²) in [6.07, 6.45) is 0. The number of carbonyl (C=O) groups excluding carboxylic acids is 1. The molecule has 0 bridgehead atoms. The number of hydrogen-bond donors (Lipinski definition) is 0. The Morgan fingerprint density at radius 2 is 1.58 bits per heavy atom. The molecular weight excluding hydrogens is 434 g/mol. The van der Waals surface area contributed by atoms with Gasteiger partial charge in [0.05, 0.1) is 29.8 Å². The number of rotatable bonds is 5. The van der Waals surface area contributed by atoms with Crippen LogP contribution in [0, 0.1) is 18.8 Å². The molecule has 0 radical (unpaired) electrons. The van der Waals surface area contributed by atoms with Crippen LogP contribution in [-0.2, 0) is 14.8 Å². The van der Waals surface area contributed by atoms with E-state index in [1.165, 1.54) is 11.4 Å². The van der Waals surface area contributed by atoms with Crippen LogP contribution in [0.1, 0.15) is 21.5 Å². The molecular formula is C24H20ClNO4S. The Bertz CT molecular complexity index is 1220. The Balaban J connectivity index is 1.91. The molecule has 0 fully saturated rings. The van der Waals surface area contributed by atoms with Gasteiger partial charge in [0.1, 0.15) is 0 Å². The Kier molecular flexibility index (Phi) is 7.01. The lowest BCUT2D eigenvalue weighted by molar-refractivity contribution is 0.0600. The molecule has 3 aromatic carbocycles. The van der Waals surface area contributed by atoms with Gasteiger partial charge in [-0.1, -0.05) is 41.1 Å². The SMILES string of the molecule is COC(=O)c1ccc(C#CCN(c2ccc(Cl)cc2)S(=O)(=O)c2ccc(C)cc2)cc1. The Morgan fingerprint density at radius 3 is 2.16 bits per heavy atom. The summed E-state index contributed by atoms with van der Waals surface area (Å²) in [6, 6.07) is 19.8. The van der Waals surface area contributed by atoms with Gasteiger partial charge in [0.15, 0.2) is 0 Å². The molecule has 0 saturated heterocycles. The highest BCUT2D eigenvalue weighted by Crippen LogP contribution is 2.25. The summed E-state index contributed by atoms with van der Waals surface area (Å²) in [5, 5.41) is 0.508. The topological polar surface area (TPSA) is 63.7 Å². The molecule has 0 aliphatic rings. The van der Waals surface area contributed by atoms with Crippen LogP contribution in [0.15, 0.2) is 77.7 Å². The van der Waals surface area contributed by atoms with Crippen molar-refractivity contribution in [2.45, 2.75) is 11.8 Å². The van der Waals surface area contributed by atoms with E-state index in [4.69, 9.17) is 11.6 Å². The zero-order chi connectivity index (χ0) is 22.4. The van der Waals surface area contributed by atoms with Gasteiger partial charge in [-0.05, 0) is 67.6 Å². The van der Waals surface area contributed by atoms with E-state index >= 15 is 0 Å². The van der Waals surface area contributed by atoms with Gasteiger partial charge >= 0.3 is 5.97 Å². The molecule has 3 aromatic rings. The first-order chi connectivity index (χ1) is 14.8. The van der Waals surface area contributed by atoms with Gasteiger partial charge in [0, 0.05) is 10.6 Å². The van der Waals surface area contributed by atoms with Crippen molar-refractivity contribution in [2.24, 2.45) is 0 Å². The van der Waals surface area contributed by atoms with Crippen LogP contribution in [0.2, 0.25) is 5.02 Å². The zero-order valence-corrected chi connectivity index (χ0v) is 18.6. The van der Waals surface area contributed by atoms with E-state index in [1.807, 2.05) is 6.92 Å². The first-order valence-electron chi connectivity index (χ1n) is 9.33. The van der Waals surface area contributed by atoms with Crippen LogP contribution < -0.4 is 4.31 Å². The maximum atomic E-state index is 13.3. The van der Waals surface area contributed by atoms with Crippen molar-refractivity contribution >= 4 is 33.3 Å². The van der Waals surface area contributed by atoms with Crippen LogP contribution in [0.3, 0.4) is 0 Å². The summed E-state index contributed by atoms with van der Waals surface area (Å²) >= 11 is 5.97. The predicted octanol–water partition coefficient (Wildman–Crippen LogP) is 4.68. The molecule has 0 aliphatic carbocycles. The van der Waals surface area contributed by atoms with E-state index in [0.29, 0.717) is 21.8 Å². The lowest BCUT2D eigenvalue weighted by Gasteiger charge is -2.22. The predicted molar refractivity (Wildman–Crippen MR) is 122 cm³/mol. The third-order valence-electron chi connectivity index (χ3n) is 4.48. The Hall–Kier alpha value is -3.27. The number of anilines is 1. The van der Waals surface area contributed by atoms with Crippen LogP contribution in [0.25, 0.3) is 0 Å². The minimum absolute atomic E-state index is 0.0589. The quantitative estimate of drug-likeness (QED) is 0.415. The molecule has 0 N–H and O–H groups in total. The lowest BCUT2D eigenvalue weighted by Crippen LogP contribution is -2.31. The van der Waals surface area contributed by atoms with Crippen molar-refractivity contribution in [2.75, 3.05) is 18.0 Å². The second-order valence-electron chi connectivity index (χ2n) is 6.67. The standard InChI is InChI=1S/C24H20ClNO4S/c1-18-5-15-23(16-6-18)31(28,29)26(22-13-11-21(25)12-14-22)17-3-4-19-7-9-20(10-8-19)24(27)30-2/h5-16H,17H2,1-2H3. The maximum Gasteiger partial charge on any atom is 0.337 e. The number of hydrogen-bond acceptors (Lipinski definition) is 4. The van der Waals surface area contributed by atoms with E-state index in [-0.39, 0.29) is 11.4 Å². The van der Waals surface area contributed by atoms with E-state index in [9.17, 15) is 13.2 Å². The fourth-order valence-corrected chi connectivity index (χ4v) is 4.28. The molecule has 0 aromatic heterocycles. The van der Waals surface area contributed by atoms with Crippen LogP contribution in [0.4, 0.5) is 5.69 Å². The molecule has 0 spiro atoms. The lowest BCUT2D eigenvalue weighted by atomic mass is 10.1. The molecule has 31 heavy (non-hydrogen) atoms. The van der Waals surface area contributed by atoms with Crippen molar-refractivity contribution in [1.82, 2.24) is 0 Å². The normalized spacial score (nSPS) is 10.7. The largest absolute Gasteiger partial charge is 0.465 e. The average Bonchev–Trinajstić information content (AvgIpc) is 2.77. The third-order valence-corrected chi connectivity index (χ3v) is 6.53. The summed E-state index contributed by atoms with van der Waals surface area (Å²) in [5.41, 5.74) is 2.49. The molecule has 0 unspecified atom stereocenters. The minimum Gasteiger partial charge on any atom is -0.465 e. The molecule has 0 atom stereocenters. The summed E-state index contributed by atoms with van der Waals surface area (Å²) in [6.45, 7) is 1.83. The molecule has 158 valence electrons. The number of nitrogens with zero attached hydrogens (tertiary/aromatic N) is 1. The number of halogens is 1. The summed E-state index contributed by atoms with van der Waals surface area (Å²) in [4.78, 5) is 11.7. The number of ether oxygens (including phenoxy) is 1. The average molecular weight is 454 g/mol. The molecule has 0 saturated carbocycles. The number of methoxy groups -OCH3 is 1. The fraction of sp³-hybridized carbons (Fsp3) is 0.125. The number of aryl methyl sites for hydroxylation is 1. The van der Waals surface area contributed by atoms with Crippen molar-refractivity contribution in [3.63, 3.8) is 0 Å². The number of benzene rings is 3. The zero-order valence-electron chi connectivity index (χ0n) is 17.0. The Labute approximate surface area is 187 Å². The summed E-state index contributed by atoms with van der Waals surface area (Å²) in [7, 11) is -2.52. The van der Waals surface area contributed by atoms with E-state index in [0.717, 1.165) is 5.56 Å². The first-order valence-corrected chi connectivity index (χ1v) is 11.2. The summed E-state index contributed by atoms with van der Waals surface area (Å²) in [5.74, 6) is 5.42. The van der Waals surface area contributed by atoms with Gasteiger partial charge in [0.2, 0.25) is 0 Å². The van der Waals surface area contributed by atoms with E-state index in [2.05, 4.69) is 16.6 Å². The number of carbonyl (C=O) groups is 1. The van der Waals surface area contributed by atoms with Gasteiger partial charge in [-0.25, -0.2) is 13.2 Å². The third kappa shape index (κ3) is 5.46. The molecule has 0 aliphatic heterocycles. The van der Waals surface area contributed by atoms with Gasteiger partial charge in [-0.15, -0.1) is 0 Å². The molecule has 5 nitrogen and oxygen atoms in total. The fourth-order valence-electron chi connectivity index (χ4n) is 2.78. The van der Waals surface area contributed by atoms with Gasteiger partial charge < -0.3 is 4.74 Å². The van der Waals surface area contributed by atoms with E-state index in [1.54, 1.807) is 72.8 Å². The highest BCUT2D eigenvalue weighted by atomic mass is 35.5. The van der Waals surface area contributed by atoms with Crippen LogP contribution in [-0.4, -0.2) is 28.0 Å². The second-order valence-corrected chi connectivity index (χ2v) is 8.97. The minimum atomic E-state index is -3.83. The Morgan fingerprint density at radius 1 is 0.968 bits per heavy atom. The van der Waals surface area contributed by atoms with Gasteiger partial charge in [-0.3, -0.25) is 4.31 Å². The number of sulfonamides is 1. The molecule has 7 heteroatoms. The monoisotopic (exact) mass is 453 g/mol.